The van der Waals surface area contributed by atoms with Gasteiger partial charge in [-0.05, 0) is 54.1 Å². The molecule has 5 rings (SSSR count). The lowest BCUT2D eigenvalue weighted by Crippen LogP contribution is -2.49. The topological polar surface area (TPSA) is 70.2 Å². The van der Waals surface area contributed by atoms with E-state index >= 15 is 0 Å². The van der Waals surface area contributed by atoms with Crippen LogP contribution in [0.1, 0.15) is 15.9 Å². The predicted octanol–water partition coefficient (Wildman–Crippen LogP) is 5.05. The Hall–Kier alpha value is -4.30. The molecule has 4 aromatic carbocycles. The molecular formula is C31H31N3O4S. The number of para-hydroxylation sites is 2. The van der Waals surface area contributed by atoms with Gasteiger partial charge in [0.2, 0.25) is 0 Å². The van der Waals surface area contributed by atoms with E-state index in [0.29, 0.717) is 43.2 Å². The third-order valence-electron chi connectivity index (χ3n) is 6.91. The monoisotopic (exact) mass is 541 g/mol. The van der Waals surface area contributed by atoms with Crippen LogP contribution in [0.2, 0.25) is 0 Å². The molecule has 0 atom stereocenters. The van der Waals surface area contributed by atoms with Gasteiger partial charge in [-0.2, -0.15) is 0 Å². The molecule has 39 heavy (non-hydrogen) atoms. The van der Waals surface area contributed by atoms with E-state index in [1.54, 1.807) is 41.3 Å². The Labute approximate surface area is 229 Å². The molecule has 4 aromatic rings. The zero-order valence-corrected chi connectivity index (χ0v) is 22.6. The number of benzene rings is 4. The van der Waals surface area contributed by atoms with Crippen LogP contribution >= 0.6 is 0 Å². The van der Waals surface area contributed by atoms with Gasteiger partial charge in [0, 0.05) is 31.9 Å². The lowest BCUT2D eigenvalue weighted by Gasteiger charge is -2.37. The molecule has 0 N–H and O–H groups in total. The molecule has 0 unspecified atom stereocenters. The number of sulfonamides is 1. The molecular weight excluding hydrogens is 510 g/mol. The summed E-state index contributed by atoms with van der Waals surface area (Å²) >= 11 is 0. The minimum absolute atomic E-state index is 0.0846. The second-order valence-electron chi connectivity index (χ2n) is 9.30. The number of nitrogens with zero attached hydrogens (tertiary/aromatic N) is 3. The molecule has 7 nitrogen and oxygen atoms in total. The number of anilines is 2. The molecule has 1 heterocycles. The van der Waals surface area contributed by atoms with Gasteiger partial charge in [0.1, 0.15) is 5.75 Å². The number of rotatable bonds is 8. The van der Waals surface area contributed by atoms with Crippen LogP contribution in [-0.4, -0.2) is 52.5 Å². The van der Waals surface area contributed by atoms with Gasteiger partial charge in [0.25, 0.3) is 15.9 Å². The molecule has 0 radical (unpaired) electrons. The van der Waals surface area contributed by atoms with Gasteiger partial charge in [-0.15, -0.1) is 0 Å². The molecule has 1 amide bonds. The highest BCUT2D eigenvalue weighted by atomic mass is 32.2. The minimum Gasteiger partial charge on any atom is -0.497 e. The molecule has 1 fully saturated rings. The minimum atomic E-state index is -4.01. The van der Waals surface area contributed by atoms with Crippen molar-refractivity contribution in [3.8, 4) is 5.75 Å². The Balaban J connectivity index is 1.47. The van der Waals surface area contributed by atoms with Crippen molar-refractivity contribution in [2.45, 2.75) is 11.4 Å². The predicted molar refractivity (Wildman–Crippen MR) is 154 cm³/mol. The van der Waals surface area contributed by atoms with Crippen molar-refractivity contribution in [2.75, 3.05) is 42.5 Å². The first-order valence-corrected chi connectivity index (χ1v) is 14.3. The third kappa shape index (κ3) is 5.76. The zero-order chi connectivity index (χ0) is 27.2. The summed E-state index contributed by atoms with van der Waals surface area (Å²) in [6.45, 7) is 2.59. The van der Waals surface area contributed by atoms with Crippen LogP contribution in [0.5, 0.6) is 5.75 Å². The second kappa shape index (κ2) is 11.6. The van der Waals surface area contributed by atoms with Crippen molar-refractivity contribution in [3.63, 3.8) is 0 Å². The van der Waals surface area contributed by atoms with Crippen molar-refractivity contribution >= 4 is 27.3 Å². The number of carbonyl (C=O) groups excluding carboxylic acids is 1. The molecule has 1 saturated heterocycles. The standard InChI is InChI=1S/C31H31N3O4S/c1-38-27-16-18-28(19-17-27)39(36,37)34(24-25-10-4-2-5-11-25)30-15-9-8-14-29(30)31(35)33-22-20-32(21-23-33)26-12-6-3-7-13-26/h2-19H,20-24H2,1H3. The van der Waals surface area contributed by atoms with Crippen LogP contribution in [0.3, 0.4) is 0 Å². The fourth-order valence-electron chi connectivity index (χ4n) is 4.77. The summed E-state index contributed by atoms with van der Waals surface area (Å²) in [7, 11) is -2.48. The highest BCUT2D eigenvalue weighted by Crippen LogP contribution is 2.31. The van der Waals surface area contributed by atoms with Crippen LogP contribution < -0.4 is 13.9 Å². The fraction of sp³-hybridized carbons (Fsp3) is 0.194. The molecule has 1 aliphatic heterocycles. The Morgan fingerprint density at radius 3 is 2.00 bits per heavy atom. The summed E-state index contributed by atoms with van der Waals surface area (Å²) in [6, 6.07) is 32.8. The molecule has 0 aliphatic carbocycles. The highest BCUT2D eigenvalue weighted by molar-refractivity contribution is 7.92. The van der Waals surface area contributed by atoms with Gasteiger partial charge in [0.05, 0.1) is 29.8 Å². The first kappa shape index (κ1) is 26.3. The summed E-state index contributed by atoms with van der Waals surface area (Å²) < 4.78 is 34.6. The van der Waals surface area contributed by atoms with Crippen molar-refractivity contribution in [2.24, 2.45) is 0 Å². The van der Waals surface area contributed by atoms with E-state index in [2.05, 4.69) is 17.0 Å². The maximum absolute atomic E-state index is 14.0. The fourth-order valence-corrected chi connectivity index (χ4v) is 6.24. The van der Waals surface area contributed by atoms with Crippen molar-refractivity contribution in [1.82, 2.24) is 4.90 Å². The third-order valence-corrected chi connectivity index (χ3v) is 8.68. The number of amides is 1. The van der Waals surface area contributed by atoms with Crippen molar-refractivity contribution < 1.29 is 17.9 Å². The number of hydrogen-bond acceptors (Lipinski definition) is 5. The highest BCUT2D eigenvalue weighted by Gasteiger charge is 2.31. The Kier molecular flexibility index (Phi) is 7.84. The number of hydrogen-bond donors (Lipinski definition) is 0. The summed E-state index contributed by atoms with van der Waals surface area (Å²) in [6.07, 6.45) is 0. The largest absolute Gasteiger partial charge is 0.497 e. The van der Waals surface area contributed by atoms with E-state index in [0.717, 1.165) is 11.3 Å². The SMILES string of the molecule is COc1ccc(S(=O)(=O)N(Cc2ccccc2)c2ccccc2C(=O)N2CCN(c3ccccc3)CC2)cc1. The molecule has 8 heteroatoms. The Morgan fingerprint density at radius 1 is 0.769 bits per heavy atom. The maximum atomic E-state index is 14.0. The lowest BCUT2D eigenvalue weighted by atomic mass is 10.1. The van der Waals surface area contributed by atoms with Crippen LogP contribution in [0.25, 0.3) is 0 Å². The number of carbonyl (C=O) groups is 1. The van der Waals surface area contributed by atoms with E-state index in [1.807, 2.05) is 48.5 Å². The number of ether oxygens (including phenoxy) is 1. The Morgan fingerprint density at radius 2 is 1.36 bits per heavy atom. The number of piperazine rings is 1. The molecule has 0 aromatic heterocycles. The van der Waals surface area contributed by atoms with E-state index < -0.39 is 10.0 Å². The van der Waals surface area contributed by atoms with E-state index in [9.17, 15) is 13.2 Å². The van der Waals surface area contributed by atoms with Crippen LogP contribution in [-0.2, 0) is 16.6 Å². The first-order valence-electron chi connectivity index (χ1n) is 12.9. The molecule has 0 bridgehead atoms. The molecule has 1 aliphatic rings. The van der Waals surface area contributed by atoms with Crippen LogP contribution in [0, 0.1) is 0 Å². The van der Waals surface area contributed by atoms with Gasteiger partial charge in [-0.25, -0.2) is 8.42 Å². The Bertz CT molecular complexity index is 1500. The van der Waals surface area contributed by atoms with Gasteiger partial charge in [-0.1, -0.05) is 60.7 Å². The molecule has 0 spiro atoms. The van der Waals surface area contributed by atoms with E-state index in [4.69, 9.17) is 4.74 Å². The van der Waals surface area contributed by atoms with Gasteiger partial charge < -0.3 is 14.5 Å². The van der Waals surface area contributed by atoms with Crippen LogP contribution in [0.15, 0.2) is 114 Å². The van der Waals surface area contributed by atoms with Crippen molar-refractivity contribution in [1.29, 1.82) is 0 Å². The summed E-state index contributed by atoms with van der Waals surface area (Å²) in [4.78, 5) is 18.0. The quantitative estimate of drug-likeness (QED) is 0.312. The normalized spacial score (nSPS) is 13.7. The van der Waals surface area contributed by atoms with Gasteiger partial charge >= 0.3 is 0 Å². The zero-order valence-electron chi connectivity index (χ0n) is 21.8. The average Bonchev–Trinajstić information content (AvgIpc) is 3.00. The summed E-state index contributed by atoms with van der Waals surface area (Å²) in [5.41, 5.74) is 2.66. The second-order valence-corrected chi connectivity index (χ2v) is 11.2. The molecule has 0 saturated carbocycles. The number of methoxy groups -OCH3 is 1. The van der Waals surface area contributed by atoms with Gasteiger partial charge in [-0.3, -0.25) is 9.10 Å². The molecule has 200 valence electrons. The van der Waals surface area contributed by atoms with E-state index in [1.165, 1.54) is 23.5 Å². The maximum Gasteiger partial charge on any atom is 0.264 e. The van der Waals surface area contributed by atoms with Crippen LogP contribution in [0.4, 0.5) is 11.4 Å². The van der Waals surface area contributed by atoms with Gasteiger partial charge in [0.15, 0.2) is 0 Å². The van der Waals surface area contributed by atoms with E-state index in [-0.39, 0.29) is 17.3 Å². The average molecular weight is 542 g/mol. The summed E-state index contributed by atoms with van der Waals surface area (Å²) in [5, 5.41) is 0. The summed E-state index contributed by atoms with van der Waals surface area (Å²) in [5.74, 6) is 0.384. The van der Waals surface area contributed by atoms with Crippen molar-refractivity contribution in [3.05, 3.63) is 120 Å². The first-order chi connectivity index (χ1) is 19.0. The lowest BCUT2D eigenvalue weighted by molar-refractivity contribution is 0.0747. The smallest absolute Gasteiger partial charge is 0.264 e.